The lowest BCUT2D eigenvalue weighted by molar-refractivity contribution is -0.137. The van der Waals surface area contributed by atoms with Gasteiger partial charge in [0.2, 0.25) is 5.91 Å². The number of ether oxygens (including phenoxy) is 3. The van der Waals surface area contributed by atoms with E-state index in [1.807, 2.05) is 24.5 Å². The third kappa shape index (κ3) is 12.4. The maximum atomic E-state index is 11.8. The number of carbonyl (C=O) groups excluding carboxylic acids is 3. The van der Waals surface area contributed by atoms with Crippen molar-refractivity contribution in [3.8, 4) is 0 Å². The summed E-state index contributed by atoms with van der Waals surface area (Å²) in [4.78, 5) is 35.9. The first-order valence-electron chi connectivity index (χ1n) is 11.8. The molecule has 0 bridgehead atoms. The number of hydrogen-bond acceptors (Lipinski definition) is 6. The van der Waals surface area contributed by atoms with Crippen LogP contribution in [-0.2, 0) is 35.1 Å². The third-order valence-corrected chi connectivity index (χ3v) is 5.07. The molecule has 184 valence electrons. The van der Waals surface area contributed by atoms with E-state index in [0.29, 0.717) is 65.6 Å². The minimum absolute atomic E-state index is 0.00694. The normalized spacial score (nSPS) is 13.3. The van der Waals surface area contributed by atoms with Gasteiger partial charge in [-0.3, -0.25) is 19.3 Å². The molecule has 3 amide bonds. The summed E-state index contributed by atoms with van der Waals surface area (Å²) in [6.07, 6.45) is 11.0. The van der Waals surface area contributed by atoms with E-state index in [1.165, 1.54) is 17.1 Å². The van der Waals surface area contributed by atoms with Crippen LogP contribution in [0.2, 0.25) is 0 Å². The fourth-order valence-electron chi connectivity index (χ4n) is 3.26. The number of hydrogen-bond donors (Lipinski definition) is 1. The summed E-state index contributed by atoms with van der Waals surface area (Å²) in [6.45, 7) is 5.59. The Hall–Kier alpha value is -2.49. The van der Waals surface area contributed by atoms with Gasteiger partial charge in [-0.25, -0.2) is 0 Å². The summed E-state index contributed by atoms with van der Waals surface area (Å²) in [5.74, 6) is -0.518. The van der Waals surface area contributed by atoms with Crippen LogP contribution in [0, 0.1) is 0 Å². The molecular formula is C24H37N3O6. The zero-order valence-electron chi connectivity index (χ0n) is 19.4. The maximum Gasteiger partial charge on any atom is 0.253 e. The van der Waals surface area contributed by atoms with Crippen LogP contribution in [-0.4, -0.2) is 79.9 Å². The van der Waals surface area contributed by atoms with Crippen molar-refractivity contribution in [2.75, 3.05) is 52.7 Å². The topological polar surface area (TPSA) is 99.1 Å². The molecule has 1 aliphatic heterocycles. The van der Waals surface area contributed by atoms with Gasteiger partial charge in [-0.1, -0.05) is 6.42 Å². The molecule has 1 N–H and O–H groups in total. The highest BCUT2D eigenvalue weighted by Gasteiger charge is 2.22. The Morgan fingerprint density at radius 3 is 2.00 bits per heavy atom. The summed E-state index contributed by atoms with van der Waals surface area (Å²) < 4.78 is 18.7. The average molecular weight is 464 g/mol. The van der Waals surface area contributed by atoms with Crippen LogP contribution in [0.4, 0.5) is 0 Å². The minimum atomic E-state index is -0.256. The molecule has 9 nitrogen and oxygen atoms in total. The van der Waals surface area contributed by atoms with Gasteiger partial charge in [0.25, 0.3) is 11.8 Å². The van der Waals surface area contributed by atoms with E-state index in [-0.39, 0.29) is 17.7 Å². The number of unbranched alkanes of at least 4 members (excludes halogenated alkanes) is 2. The van der Waals surface area contributed by atoms with Gasteiger partial charge in [0.15, 0.2) is 0 Å². The molecule has 33 heavy (non-hydrogen) atoms. The average Bonchev–Trinajstić information content (AvgIpc) is 3.44. The second-order valence-corrected chi connectivity index (χ2v) is 7.79. The third-order valence-electron chi connectivity index (χ3n) is 5.07. The standard InChI is InChI=1S/C24H37N3O6/c28-22(8-2-1-3-14-27-23(29)9-10-24(27)30)25-11-20-32-18-6-16-31-17-7-19-33-21-15-26-12-4-5-13-26/h4-5,9-10,12-13H,1-3,6-8,11,14-21H2,(H,25,28). The number of rotatable bonds is 20. The first kappa shape index (κ1) is 26.8. The zero-order valence-corrected chi connectivity index (χ0v) is 19.4. The Labute approximate surface area is 196 Å². The van der Waals surface area contributed by atoms with E-state index in [0.717, 1.165) is 32.2 Å². The Morgan fingerprint density at radius 1 is 0.727 bits per heavy atom. The van der Waals surface area contributed by atoms with E-state index < -0.39 is 0 Å². The highest BCUT2D eigenvalue weighted by atomic mass is 16.5. The van der Waals surface area contributed by atoms with Gasteiger partial charge in [0.05, 0.1) is 13.2 Å². The van der Waals surface area contributed by atoms with Gasteiger partial charge < -0.3 is 24.1 Å². The first-order chi connectivity index (χ1) is 16.2. The molecule has 0 saturated carbocycles. The number of imide groups is 1. The lowest BCUT2D eigenvalue weighted by atomic mass is 10.2. The fraction of sp³-hybridized carbons (Fsp3) is 0.625. The van der Waals surface area contributed by atoms with E-state index in [9.17, 15) is 14.4 Å². The zero-order chi connectivity index (χ0) is 23.6. The molecular weight excluding hydrogens is 426 g/mol. The number of aromatic nitrogens is 1. The Morgan fingerprint density at radius 2 is 1.33 bits per heavy atom. The Kier molecular flexibility index (Phi) is 13.8. The van der Waals surface area contributed by atoms with E-state index >= 15 is 0 Å². The number of nitrogens with one attached hydrogen (secondary N) is 1. The van der Waals surface area contributed by atoms with Gasteiger partial charge >= 0.3 is 0 Å². The van der Waals surface area contributed by atoms with Gasteiger partial charge in [-0.15, -0.1) is 0 Å². The lowest BCUT2D eigenvalue weighted by Crippen LogP contribution is -2.31. The number of carbonyl (C=O) groups is 3. The number of nitrogens with zero attached hydrogens (tertiary/aromatic N) is 2. The fourth-order valence-corrected chi connectivity index (χ4v) is 3.26. The summed E-state index contributed by atoms with van der Waals surface area (Å²) in [6, 6.07) is 4.01. The van der Waals surface area contributed by atoms with Crippen molar-refractivity contribution in [1.82, 2.24) is 14.8 Å². The van der Waals surface area contributed by atoms with Crippen LogP contribution in [0.1, 0.15) is 38.5 Å². The molecule has 0 atom stereocenters. The predicted molar refractivity (Wildman–Crippen MR) is 123 cm³/mol. The van der Waals surface area contributed by atoms with Crippen molar-refractivity contribution >= 4 is 17.7 Å². The van der Waals surface area contributed by atoms with E-state index in [2.05, 4.69) is 9.88 Å². The number of amides is 3. The monoisotopic (exact) mass is 463 g/mol. The summed E-state index contributed by atoms with van der Waals surface area (Å²) in [5, 5.41) is 2.83. The van der Waals surface area contributed by atoms with Crippen molar-refractivity contribution in [1.29, 1.82) is 0 Å². The SMILES string of the molecule is O=C(CCCCCN1C(=O)C=CC1=O)NCCOCCCOCCCOCCn1cccc1. The van der Waals surface area contributed by atoms with Crippen LogP contribution >= 0.6 is 0 Å². The second kappa shape index (κ2) is 17.0. The molecule has 0 aromatic carbocycles. The molecule has 0 aliphatic carbocycles. The van der Waals surface area contributed by atoms with Gasteiger partial charge in [0.1, 0.15) is 0 Å². The van der Waals surface area contributed by atoms with Gasteiger partial charge in [-0.05, 0) is 37.8 Å². The van der Waals surface area contributed by atoms with E-state index in [4.69, 9.17) is 14.2 Å². The van der Waals surface area contributed by atoms with Crippen LogP contribution < -0.4 is 5.32 Å². The summed E-state index contributed by atoms with van der Waals surface area (Å²) in [5.41, 5.74) is 0. The molecule has 2 rings (SSSR count). The molecule has 2 heterocycles. The summed E-state index contributed by atoms with van der Waals surface area (Å²) >= 11 is 0. The smallest absolute Gasteiger partial charge is 0.253 e. The quantitative estimate of drug-likeness (QED) is 0.234. The first-order valence-corrected chi connectivity index (χ1v) is 11.8. The lowest BCUT2D eigenvalue weighted by Gasteiger charge is -2.13. The largest absolute Gasteiger partial charge is 0.381 e. The Balaban J connectivity index is 1.26. The molecule has 0 spiro atoms. The molecule has 0 radical (unpaired) electrons. The van der Waals surface area contributed by atoms with Gasteiger partial charge in [0, 0.05) is 77.0 Å². The molecule has 1 aromatic rings. The molecule has 0 saturated heterocycles. The second-order valence-electron chi connectivity index (χ2n) is 7.79. The predicted octanol–water partition coefficient (Wildman–Crippen LogP) is 1.92. The van der Waals surface area contributed by atoms with Crippen LogP contribution in [0.5, 0.6) is 0 Å². The Bertz CT molecular complexity index is 702. The maximum absolute atomic E-state index is 11.8. The molecule has 1 aromatic heterocycles. The van der Waals surface area contributed by atoms with Crippen molar-refractivity contribution in [2.45, 2.75) is 45.1 Å². The van der Waals surface area contributed by atoms with Gasteiger partial charge in [-0.2, -0.15) is 0 Å². The van der Waals surface area contributed by atoms with Crippen molar-refractivity contribution < 1.29 is 28.6 Å². The highest BCUT2D eigenvalue weighted by Crippen LogP contribution is 2.07. The van der Waals surface area contributed by atoms with Crippen molar-refractivity contribution in [3.05, 3.63) is 36.7 Å². The molecule has 1 aliphatic rings. The van der Waals surface area contributed by atoms with Crippen molar-refractivity contribution in [2.24, 2.45) is 0 Å². The molecule has 9 heteroatoms. The van der Waals surface area contributed by atoms with Crippen LogP contribution in [0.15, 0.2) is 36.7 Å². The van der Waals surface area contributed by atoms with Crippen LogP contribution in [0.3, 0.4) is 0 Å². The highest BCUT2D eigenvalue weighted by molar-refractivity contribution is 6.12. The van der Waals surface area contributed by atoms with Crippen molar-refractivity contribution in [3.63, 3.8) is 0 Å². The summed E-state index contributed by atoms with van der Waals surface area (Å²) in [7, 11) is 0. The minimum Gasteiger partial charge on any atom is -0.381 e. The molecule has 0 unspecified atom stereocenters. The molecule has 0 fully saturated rings. The van der Waals surface area contributed by atoms with E-state index in [1.54, 1.807) is 0 Å². The van der Waals surface area contributed by atoms with Crippen LogP contribution in [0.25, 0.3) is 0 Å².